The van der Waals surface area contributed by atoms with Crippen LogP contribution in [0, 0.1) is 11.7 Å². The molecule has 0 amide bonds. The molecule has 2 aliphatic carbocycles. The summed E-state index contributed by atoms with van der Waals surface area (Å²) in [4.78, 5) is 9.39. The quantitative estimate of drug-likeness (QED) is 0.265. The van der Waals surface area contributed by atoms with Gasteiger partial charge in [0.15, 0.2) is 22.1 Å². The minimum absolute atomic E-state index is 0.0517. The molecule has 1 aromatic carbocycles. The molecule has 2 saturated carbocycles. The Labute approximate surface area is 200 Å². The van der Waals surface area contributed by atoms with Crippen molar-refractivity contribution >= 4 is 28.7 Å². The number of aliphatic hydroxyl groups excluding tert-OH is 3. The highest BCUT2D eigenvalue weighted by molar-refractivity contribution is 7.99. The molecule has 2 heterocycles. The Morgan fingerprint density at radius 2 is 1.94 bits per heavy atom. The van der Waals surface area contributed by atoms with Gasteiger partial charge in [0.25, 0.3) is 0 Å². The summed E-state index contributed by atoms with van der Waals surface area (Å²) in [6.07, 6.45) is 0.795. The molecule has 5 rings (SSSR count). The maximum Gasteiger partial charge on any atom is 0.191 e. The van der Waals surface area contributed by atoms with Gasteiger partial charge in [-0.05, 0) is 49.3 Å². The molecular formula is C23H29FN6O3S. The average Bonchev–Trinajstić information content (AvgIpc) is 3.38. The van der Waals surface area contributed by atoms with Crippen molar-refractivity contribution in [3.63, 3.8) is 0 Å². The van der Waals surface area contributed by atoms with Gasteiger partial charge < -0.3 is 20.6 Å². The Bertz CT molecular complexity index is 1150. The highest BCUT2D eigenvalue weighted by atomic mass is 32.2. The first-order valence-electron chi connectivity index (χ1n) is 11.7. The molecule has 0 saturated heterocycles. The van der Waals surface area contributed by atoms with E-state index in [1.807, 2.05) is 12.1 Å². The van der Waals surface area contributed by atoms with Crippen molar-refractivity contribution in [1.82, 2.24) is 25.0 Å². The lowest BCUT2D eigenvalue weighted by atomic mass is 10.0. The van der Waals surface area contributed by atoms with Crippen molar-refractivity contribution in [2.75, 3.05) is 17.7 Å². The van der Waals surface area contributed by atoms with E-state index in [4.69, 9.17) is 4.98 Å². The maximum atomic E-state index is 13.3. The summed E-state index contributed by atoms with van der Waals surface area (Å²) in [5, 5.41) is 43.1. The standard InChI is InChI=1S/C23H29FN6O3S/c1-2-9-34-23-26-21(25-16-11-15(16)12-3-5-14(24)6-4-12)18-22(27-23)30(29-28-18)17-10-13(7-8-31)19(32)20(17)33/h3-6,13,15-17,19-20,31-33H,2,7-11H2,1H3,(H,25,26,27)/t13-,15?,16?,17+,19+,20-/m0/s1. The number of nitrogens with one attached hydrogen (secondary N) is 1. The molecule has 11 heteroatoms. The van der Waals surface area contributed by atoms with Gasteiger partial charge in [0.05, 0.1) is 12.1 Å². The number of aliphatic hydroxyl groups is 3. The zero-order valence-corrected chi connectivity index (χ0v) is 19.7. The molecule has 4 N–H and O–H groups in total. The first-order chi connectivity index (χ1) is 16.5. The van der Waals surface area contributed by atoms with Crippen molar-refractivity contribution < 1.29 is 19.7 Å². The molecule has 2 fully saturated rings. The Balaban J connectivity index is 1.44. The summed E-state index contributed by atoms with van der Waals surface area (Å²) >= 11 is 1.54. The summed E-state index contributed by atoms with van der Waals surface area (Å²) in [7, 11) is 0. The fraction of sp³-hybridized carbons (Fsp3) is 0.565. The number of hydrogen-bond acceptors (Lipinski definition) is 9. The summed E-state index contributed by atoms with van der Waals surface area (Å²) < 4.78 is 14.9. The Morgan fingerprint density at radius 3 is 2.68 bits per heavy atom. The van der Waals surface area contributed by atoms with Crippen molar-refractivity contribution in [3.8, 4) is 0 Å². The molecule has 3 aromatic rings. The van der Waals surface area contributed by atoms with Gasteiger partial charge in [0, 0.05) is 24.3 Å². The topological polar surface area (TPSA) is 129 Å². The zero-order chi connectivity index (χ0) is 23.8. The smallest absolute Gasteiger partial charge is 0.191 e. The number of benzene rings is 1. The summed E-state index contributed by atoms with van der Waals surface area (Å²) in [5.74, 6) is 1.24. The van der Waals surface area contributed by atoms with Gasteiger partial charge in [-0.3, -0.25) is 0 Å². The van der Waals surface area contributed by atoms with Gasteiger partial charge in [-0.25, -0.2) is 19.0 Å². The second-order valence-electron chi connectivity index (χ2n) is 9.11. The lowest BCUT2D eigenvalue weighted by Crippen LogP contribution is -2.30. The molecule has 2 aromatic heterocycles. The summed E-state index contributed by atoms with van der Waals surface area (Å²) in [6.45, 7) is 2.04. The molecule has 0 spiro atoms. The monoisotopic (exact) mass is 488 g/mol. The van der Waals surface area contributed by atoms with E-state index in [0.717, 1.165) is 24.2 Å². The van der Waals surface area contributed by atoms with Crippen LogP contribution in [-0.2, 0) is 0 Å². The normalized spacial score (nSPS) is 28.5. The van der Waals surface area contributed by atoms with Crippen LogP contribution in [0.1, 0.15) is 50.1 Å². The molecule has 2 aliphatic rings. The number of nitrogens with zero attached hydrogens (tertiary/aromatic N) is 5. The first kappa shape index (κ1) is 23.4. The lowest BCUT2D eigenvalue weighted by Gasteiger charge is -2.17. The highest BCUT2D eigenvalue weighted by Gasteiger charge is 2.44. The van der Waals surface area contributed by atoms with Crippen molar-refractivity contribution in [1.29, 1.82) is 0 Å². The van der Waals surface area contributed by atoms with Crippen LogP contribution in [0.2, 0.25) is 0 Å². The number of rotatable bonds is 9. The van der Waals surface area contributed by atoms with E-state index in [-0.39, 0.29) is 30.3 Å². The number of aromatic nitrogens is 5. The number of hydrogen-bond donors (Lipinski definition) is 4. The predicted molar refractivity (Wildman–Crippen MR) is 126 cm³/mol. The SMILES string of the molecule is CCCSc1nc(NC2CC2c2ccc(F)cc2)c2nnn([C@@H]3C[C@H](CCO)[C@@H](O)[C@H]3O)c2n1. The van der Waals surface area contributed by atoms with E-state index in [1.54, 1.807) is 16.4 Å². The van der Waals surface area contributed by atoms with Crippen LogP contribution in [0.3, 0.4) is 0 Å². The molecule has 34 heavy (non-hydrogen) atoms. The second-order valence-corrected chi connectivity index (χ2v) is 10.2. The largest absolute Gasteiger partial charge is 0.396 e. The van der Waals surface area contributed by atoms with Gasteiger partial charge in [0.1, 0.15) is 11.9 Å². The third-order valence-corrected chi connectivity index (χ3v) is 7.79. The molecular weight excluding hydrogens is 459 g/mol. The van der Waals surface area contributed by atoms with Crippen LogP contribution in [0.4, 0.5) is 10.2 Å². The van der Waals surface area contributed by atoms with Gasteiger partial charge >= 0.3 is 0 Å². The van der Waals surface area contributed by atoms with Gasteiger partial charge in [-0.2, -0.15) is 0 Å². The van der Waals surface area contributed by atoms with E-state index in [1.165, 1.54) is 12.1 Å². The van der Waals surface area contributed by atoms with Crippen molar-refractivity contribution in [2.24, 2.45) is 5.92 Å². The van der Waals surface area contributed by atoms with Crippen molar-refractivity contribution in [2.45, 2.75) is 68.0 Å². The van der Waals surface area contributed by atoms with E-state index in [0.29, 0.717) is 35.0 Å². The second kappa shape index (κ2) is 9.73. The molecule has 6 atom stereocenters. The van der Waals surface area contributed by atoms with Crippen LogP contribution in [0.15, 0.2) is 29.4 Å². The minimum atomic E-state index is -1.02. The predicted octanol–water partition coefficient (Wildman–Crippen LogP) is 2.50. The van der Waals surface area contributed by atoms with Gasteiger partial charge in [-0.15, -0.1) is 5.10 Å². The van der Waals surface area contributed by atoms with E-state index >= 15 is 0 Å². The van der Waals surface area contributed by atoms with E-state index in [2.05, 4.69) is 27.5 Å². The van der Waals surface area contributed by atoms with Gasteiger partial charge in [-0.1, -0.05) is 36.0 Å². The molecule has 0 bridgehead atoms. The number of thioether (sulfide) groups is 1. The fourth-order valence-electron chi connectivity index (χ4n) is 4.79. The summed E-state index contributed by atoms with van der Waals surface area (Å²) in [5.41, 5.74) is 2.10. The Hall–Kier alpha value is -2.34. The highest BCUT2D eigenvalue weighted by Crippen LogP contribution is 2.44. The van der Waals surface area contributed by atoms with Crippen molar-refractivity contribution in [3.05, 3.63) is 35.6 Å². The van der Waals surface area contributed by atoms with Crippen LogP contribution in [-0.4, -0.2) is 70.9 Å². The molecule has 0 radical (unpaired) electrons. The molecule has 2 unspecified atom stereocenters. The van der Waals surface area contributed by atoms with Gasteiger partial charge in [0.2, 0.25) is 0 Å². The number of fused-ring (bicyclic) bond motifs is 1. The number of halogens is 1. The van der Waals surface area contributed by atoms with Crippen LogP contribution in [0.5, 0.6) is 0 Å². The van der Waals surface area contributed by atoms with E-state index in [9.17, 15) is 19.7 Å². The molecule has 0 aliphatic heterocycles. The fourth-order valence-corrected chi connectivity index (χ4v) is 5.49. The number of anilines is 1. The Morgan fingerprint density at radius 1 is 1.15 bits per heavy atom. The average molecular weight is 489 g/mol. The molecule has 9 nitrogen and oxygen atoms in total. The maximum absolute atomic E-state index is 13.3. The molecule has 182 valence electrons. The summed E-state index contributed by atoms with van der Waals surface area (Å²) in [6, 6.07) is 6.23. The van der Waals surface area contributed by atoms with Crippen LogP contribution in [0.25, 0.3) is 11.2 Å². The Kier molecular flexibility index (Phi) is 6.70. The van der Waals surface area contributed by atoms with Crippen LogP contribution >= 0.6 is 11.8 Å². The zero-order valence-electron chi connectivity index (χ0n) is 18.9. The first-order valence-corrected chi connectivity index (χ1v) is 12.7. The third kappa shape index (κ3) is 4.49. The third-order valence-electron chi connectivity index (χ3n) is 6.73. The van der Waals surface area contributed by atoms with Crippen LogP contribution < -0.4 is 5.32 Å². The minimum Gasteiger partial charge on any atom is -0.396 e. The van der Waals surface area contributed by atoms with E-state index < -0.39 is 18.2 Å². The lowest BCUT2D eigenvalue weighted by molar-refractivity contribution is 0.00107.